The zero-order chi connectivity index (χ0) is 15.6. The molecule has 1 aromatic rings. The molecule has 1 saturated carbocycles. The Morgan fingerprint density at radius 1 is 1.48 bits per heavy atom. The zero-order valence-corrected chi connectivity index (χ0v) is 11.9. The van der Waals surface area contributed by atoms with Crippen molar-refractivity contribution >= 4 is 21.4 Å². The number of sulfonamides is 1. The molecule has 4 N–H and O–H groups in total. The van der Waals surface area contributed by atoms with Gasteiger partial charge in [0.25, 0.3) is 5.69 Å². The van der Waals surface area contributed by atoms with Gasteiger partial charge in [0, 0.05) is 24.7 Å². The van der Waals surface area contributed by atoms with Crippen molar-refractivity contribution in [2.75, 3.05) is 18.6 Å². The summed E-state index contributed by atoms with van der Waals surface area (Å²) in [4.78, 5) is 9.89. The second-order valence-corrected chi connectivity index (χ2v) is 6.51. The maximum atomic E-state index is 12.7. The summed E-state index contributed by atoms with van der Waals surface area (Å²) in [6.45, 7) is -0.379. The lowest BCUT2D eigenvalue weighted by atomic mass is 10.3. The number of non-ortho nitro benzene ring substituents is 1. The van der Waals surface area contributed by atoms with E-state index in [0.717, 1.165) is 10.4 Å². The van der Waals surface area contributed by atoms with Crippen LogP contribution in [0.3, 0.4) is 0 Å². The molecule has 0 radical (unpaired) electrons. The molecule has 1 aromatic carbocycles. The summed E-state index contributed by atoms with van der Waals surface area (Å²) in [5.41, 5.74) is 1.97. The van der Waals surface area contributed by atoms with Crippen LogP contribution in [0.1, 0.15) is 12.8 Å². The van der Waals surface area contributed by atoms with Crippen molar-refractivity contribution in [2.45, 2.75) is 23.8 Å². The van der Waals surface area contributed by atoms with Crippen LogP contribution in [-0.4, -0.2) is 41.9 Å². The molecular formula is C11H16N4O5S. The van der Waals surface area contributed by atoms with Crippen LogP contribution < -0.4 is 11.3 Å². The molecule has 0 aliphatic heterocycles. The molecule has 2 rings (SSSR count). The summed E-state index contributed by atoms with van der Waals surface area (Å²) in [6, 6.07) is 3.21. The van der Waals surface area contributed by atoms with E-state index in [1.165, 1.54) is 12.1 Å². The number of nitro benzene ring substituents is 1. The number of benzene rings is 1. The monoisotopic (exact) mass is 316 g/mol. The minimum Gasteiger partial charge on any atom is -0.395 e. The first kappa shape index (κ1) is 15.6. The van der Waals surface area contributed by atoms with Gasteiger partial charge >= 0.3 is 0 Å². The highest BCUT2D eigenvalue weighted by molar-refractivity contribution is 7.89. The van der Waals surface area contributed by atoms with Gasteiger partial charge in [-0.25, -0.2) is 8.42 Å². The van der Waals surface area contributed by atoms with E-state index in [1.807, 2.05) is 0 Å². The van der Waals surface area contributed by atoms with Crippen molar-refractivity contribution < 1.29 is 18.4 Å². The molecule has 116 valence electrons. The fourth-order valence-corrected chi connectivity index (χ4v) is 3.90. The lowest BCUT2D eigenvalue weighted by molar-refractivity contribution is -0.385. The number of nitrogens with two attached hydrogens (primary N) is 1. The topological polar surface area (TPSA) is 139 Å². The van der Waals surface area contributed by atoms with Gasteiger partial charge in [0.05, 0.1) is 17.2 Å². The fourth-order valence-electron chi connectivity index (χ4n) is 2.04. The maximum absolute atomic E-state index is 12.7. The standard InChI is InChI=1S/C11H16N4O5S/c12-13-10-4-3-9(15(17)18)7-11(10)21(19,20)14(5-6-16)8-1-2-8/h3-4,7-8,13,16H,1-2,5-6,12H2. The van der Waals surface area contributed by atoms with Crippen molar-refractivity contribution in [1.82, 2.24) is 4.31 Å². The number of nitro groups is 1. The van der Waals surface area contributed by atoms with E-state index in [9.17, 15) is 18.5 Å². The van der Waals surface area contributed by atoms with Crippen molar-refractivity contribution in [3.8, 4) is 0 Å². The van der Waals surface area contributed by atoms with Crippen LogP contribution in [0, 0.1) is 10.1 Å². The molecule has 0 spiro atoms. The molecule has 9 nitrogen and oxygen atoms in total. The molecule has 1 aliphatic carbocycles. The first-order valence-electron chi connectivity index (χ1n) is 6.29. The Bertz CT molecular complexity index is 644. The number of hydrogen-bond acceptors (Lipinski definition) is 7. The van der Waals surface area contributed by atoms with Crippen LogP contribution in [0.5, 0.6) is 0 Å². The lowest BCUT2D eigenvalue weighted by Gasteiger charge is -2.22. The summed E-state index contributed by atoms with van der Waals surface area (Å²) >= 11 is 0. The minimum absolute atomic E-state index is 0.0558. The van der Waals surface area contributed by atoms with Gasteiger partial charge in [-0.05, 0) is 18.9 Å². The van der Waals surface area contributed by atoms with E-state index in [4.69, 9.17) is 10.9 Å². The van der Waals surface area contributed by atoms with E-state index in [1.54, 1.807) is 0 Å². The van der Waals surface area contributed by atoms with Crippen LogP contribution in [0.2, 0.25) is 0 Å². The SMILES string of the molecule is NNc1ccc([N+](=O)[O-])cc1S(=O)(=O)N(CCO)C1CC1. The second kappa shape index (κ2) is 5.93. The number of nitrogens with one attached hydrogen (secondary N) is 1. The van der Waals surface area contributed by atoms with Gasteiger partial charge in [0.15, 0.2) is 0 Å². The van der Waals surface area contributed by atoms with Gasteiger partial charge in [-0.3, -0.25) is 16.0 Å². The molecule has 0 aromatic heterocycles. The first-order valence-corrected chi connectivity index (χ1v) is 7.73. The molecule has 0 saturated heterocycles. The highest BCUT2D eigenvalue weighted by atomic mass is 32.2. The highest BCUT2D eigenvalue weighted by Gasteiger charge is 2.39. The van der Waals surface area contributed by atoms with Gasteiger partial charge in [-0.2, -0.15) is 4.31 Å². The van der Waals surface area contributed by atoms with Gasteiger partial charge in [-0.1, -0.05) is 0 Å². The molecule has 10 heteroatoms. The number of aliphatic hydroxyl groups is 1. The average molecular weight is 316 g/mol. The van der Waals surface area contributed by atoms with Crippen LogP contribution in [0.4, 0.5) is 11.4 Å². The summed E-state index contributed by atoms with van der Waals surface area (Å²) in [7, 11) is -3.97. The molecule has 0 bridgehead atoms. The number of aliphatic hydroxyl groups excluding tert-OH is 1. The molecule has 21 heavy (non-hydrogen) atoms. The minimum atomic E-state index is -3.97. The fraction of sp³-hybridized carbons (Fsp3) is 0.455. The molecule has 0 amide bonds. The van der Waals surface area contributed by atoms with Crippen LogP contribution >= 0.6 is 0 Å². The Labute approximate surface area is 121 Å². The van der Waals surface area contributed by atoms with Crippen LogP contribution in [0.15, 0.2) is 23.1 Å². The largest absolute Gasteiger partial charge is 0.395 e. The number of rotatable bonds is 7. The lowest BCUT2D eigenvalue weighted by Crippen LogP contribution is -2.36. The van der Waals surface area contributed by atoms with Gasteiger partial charge in [0.2, 0.25) is 10.0 Å². The summed E-state index contributed by atoms with van der Waals surface area (Å²) in [5.74, 6) is 5.29. The summed E-state index contributed by atoms with van der Waals surface area (Å²) < 4.78 is 26.5. The quantitative estimate of drug-likeness (QED) is 0.366. The van der Waals surface area contributed by atoms with Crippen molar-refractivity contribution in [2.24, 2.45) is 5.84 Å². The van der Waals surface area contributed by atoms with Gasteiger partial charge < -0.3 is 10.5 Å². The average Bonchev–Trinajstić information content (AvgIpc) is 3.28. The smallest absolute Gasteiger partial charge is 0.270 e. The molecule has 0 atom stereocenters. The van der Waals surface area contributed by atoms with Crippen LogP contribution in [0.25, 0.3) is 0 Å². The van der Waals surface area contributed by atoms with Gasteiger partial charge in [-0.15, -0.1) is 0 Å². The number of nitrogens with zero attached hydrogens (tertiary/aromatic N) is 2. The Morgan fingerprint density at radius 2 is 2.14 bits per heavy atom. The van der Waals surface area contributed by atoms with Crippen molar-refractivity contribution in [3.05, 3.63) is 28.3 Å². The van der Waals surface area contributed by atoms with E-state index < -0.39 is 14.9 Å². The predicted octanol–water partition coefficient (Wildman–Crippen LogP) is 0.0258. The number of anilines is 1. The molecule has 1 fully saturated rings. The number of nitrogen functional groups attached to an aromatic ring is 1. The first-order chi connectivity index (χ1) is 9.91. The Hall–Kier alpha value is -1.75. The molecule has 0 heterocycles. The Balaban J connectivity index is 2.51. The third-order valence-electron chi connectivity index (χ3n) is 3.19. The summed E-state index contributed by atoms with van der Waals surface area (Å²) in [5, 5.41) is 19.9. The zero-order valence-electron chi connectivity index (χ0n) is 11.1. The molecule has 0 unspecified atom stereocenters. The third kappa shape index (κ3) is 3.13. The second-order valence-electron chi connectivity index (χ2n) is 4.65. The summed E-state index contributed by atoms with van der Waals surface area (Å²) in [6.07, 6.45) is 1.42. The van der Waals surface area contributed by atoms with Crippen molar-refractivity contribution in [3.63, 3.8) is 0 Å². The van der Waals surface area contributed by atoms with Crippen molar-refractivity contribution in [1.29, 1.82) is 0 Å². The molecular weight excluding hydrogens is 300 g/mol. The molecule has 1 aliphatic rings. The predicted molar refractivity (Wildman–Crippen MR) is 74.9 cm³/mol. The number of hydrazine groups is 1. The third-order valence-corrected chi connectivity index (χ3v) is 5.18. The van der Waals surface area contributed by atoms with E-state index in [2.05, 4.69) is 5.43 Å². The Morgan fingerprint density at radius 3 is 2.62 bits per heavy atom. The van der Waals surface area contributed by atoms with Crippen LogP contribution in [-0.2, 0) is 10.0 Å². The normalized spacial score (nSPS) is 15.2. The van der Waals surface area contributed by atoms with E-state index in [0.29, 0.717) is 12.8 Å². The maximum Gasteiger partial charge on any atom is 0.270 e. The highest BCUT2D eigenvalue weighted by Crippen LogP contribution is 2.35. The van der Waals surface area contributed by atoms with E-state index in [-0.39, 0.29) is 35.5 Å². The van der Waals surface area contributed by atoms with E-state index >= 15 is 0 Å². The Kier molecular flexibility index (Phi) is 4.42. The number of hydrogen-bond donors (Lipinski definition) is 3. The van der Waals surface area contributed by atoms with Gasteiger partial charge in [0.1, 0.15) is 4.90 Å².